The molecule has 0 aliphatic carbocycles. The third-order valence-electron chi connectivity index (χ3n) is 10.7. The molecule has 5 atom stereocenters. The van der Waals surface area contributed by atoms with Crippen molar-refractivity contribution < 1.29 is 23.5 Å². The van der Waals surface area contributed by atoms with E-state index >= 15 is 4.11 Å². The van der Waals surface area contributed by atoms with Crippen LogP contribution in [-0.4, -0.2) is 59.6 Å². The molecule has 2 saturated heterocycles. The maximum Gasteiger partial charge on any atom is 0.264 e. The first-order chi connectivity index (χ1) is 24.0. The zero-order chi connectivity index (χ0) is 35.2. The molecule has 3 aliphatic rings. The van der Waals surface area contributed by atoms with Gasteiger partial charge in [-0.1, -0.05) is 66.2 Å². The van der Waals surface area contributed by atoms with Gasteiger partial charge in [0.05, 0.1) is 36.6 Å². The highest BCUT2D eigenvalue weighted by molar-refractivity contribution is 6.72. The van der Waals surface area contributed by atoms with E-state index in [4.69, 9.17) is 16.3 Å². The number of halogens is 2. The Labute approximate surface area is 298 Å². The molecule has 1 aromatic heterocycles. The van der Waals surface area contributed by atoms with Gasteiger partial charge < -0.3 is 23.8 Å². The number of hydrogen-bond donors (Lipinski definition) is 1. The van der Waals surface area contributed by atoms with Crippen LogP contribution >= 0.6 is 11.6 Å². The Hall–Kier alpha value is -3.90. The van der Waals surface area contributed by atoms with Crippen LogP contribution in [0.25, 0.3) is 0 Å². The second-order valence-electron chi connectivity index (χ2n) is 14.3. The van der Waals surface area contributed by atoms with E-state index in [-0.39, 0.29) is 30.9 Å². The number of anilines is 2. The van der Waals surface area contributed by atoms with E-state index in [0.717, 1.165) is 29.7 Å². The Morgan fingerprint density at radius 1 is 1.08 bits per heavy atom. The maximum atomic E-state index is 16.4. The molecular weight excluding hydrogens is 673 g/mol. The summed E-state index contributed by atoms with van der Waals surface area (Å²) in [6, 6.07) is 22.9. The van der Waals surface area contributed by atoms with Gasteiger partial charge in [-0.05, 0) is 73.8 Å². The maximum absolute atomic E-state index is 16.4. The van der Waals surface area contributed by atoms with Crippen LogP contribution in [0.1, 0.15) is 60.9 Å². The van der Waals surface area contributed by atoms with Gasteiger partial charge in [0.25, 0.3) is 5.91 Å². The molecule has 262 valence electrons. The first-order valence-corrected chi connectivity index (χ1v) is 20.8. The second-order valence-corrected chi connectivity index (χ2v) is 18.6. The van der Waals surface area contributed by atoms with E-state index in [1.165, 1.54) is 0 Å². The summed E-state index contributed by atoms with van der Waals surface area (Å²) < 4.78 is 25.0. The quantitative estimate of drug-likeness (QED) is 0.140. The van der Waals surface area contributed by atoms with Gasteiger partial charge in [-0.25, -0.2) is 0 Å². The zero-order valence-corrected chi connectivity index (χ0v) is 30.4. The van der Waals surface area contributed by atoms with Crippen LogP contribution in [0.3, 0.4) is 0 Å². The summed E-state index contributed by atoms with van der Waals surface area (Å²) in [6.07, 6.45) is 4.07. The zero-order valence-electron chi connectivity index (χ0n) is 28.6. The molecule has 1 N–H and O–H groups in total. The molecule has 0 bridgehead atoms. The van der Waals surface area contributed by atoms with Crippen LogP contribution in [0, 0.1) is 5.92 Å². The first kappa shape index (κ1) is 34.5. The molecule has 2 amide bonds. The van der Waals surface area contributed by atoms with Crippen molar-refractivity contribution in [1.29, 1.82) is 0 Å². The molecule has 1 unspecified atom stereocenters. The van der Waals surface area contributed by atoms with Crippen molar-refractivity contribution in [2.75, 3.05) is 23.0 Å². The largest absolute Gasteiger partial charge is 0.395 e. The number of aliphatic hydroxyl groups is 1. The highest BCUT2D eigenvalue weighted by Crippen LogP contribution is 2.60. The number of fused-ring (bicyclic) bond motifs is 2. The standard InChI is InChI=1S/C38H43ClFN5O4Si/c1-25-36(50(2,3)40)34(17-19-43-23-32(41-42-43)30(24-46)27-11-5-4-6-12-27)49-38(25)31-21-28(39)15-16-33(31)45(37(38)48)22-26-10-9-13-29(20-26)44-18-8-7-14-35(44)47/h4-6,9-13,15-16,20-21,23,25,30,34,36,46H,7-8,14,17-19,22,24H2,1-3H3/t25-,30?,34+,36-,38+/m1/s1. The van der Waals surface area contributed by atoms with E-state index in [9.17, 15) is 14.7 Å². The summed E-state index contributed by atoms with van der Waals surface area (Å²) in [5, 5.41) is 19.3. The van der Waals surface area contributed by atoms with Gasteiger partial charge in [0, 0.05) is 53.4 Å². The average Bonchev–Trinajstić information content (AvgIpc) is 3.75. The molecule has 4 aromatic rings. The summed E-state index contributed by atoms with van der Waals surface area (Å²) in [7, 11) is -3.38. The van der Waals surface area contributed by atoms with Gasteiger partial charge in [-0.15, -0.1) is 5.10 Å². The van der Waals surface area contributed by atoms with Crippen molar-refractivity contribution in [3.63, 3.8) is 0 Å². The fourth-order valence-corrected chi connectivity index (χ4v) is 11.1. The predicted octanol–water partition coefficient (Wildman–Crippen LogP) is 6.98. The fraction of sp³-hybridized carbons (Fsp3) is 0.421. The van der Waals surface area contributed by atoms with Crippen molar-refractivity contribution in [3.8, 4) is 0 Å². The lowest BCUT2D eigenvalue weighted by Gasteiger charge is -2.31. The van der Waals surface area contributed by atoms with Crippen LogP contribution < -0.4 is 9.80 Å². The third-order valence-corrected chi connectivity index (χ3v) is 13.4. The Kier molecular flexibility index (Phi) is 9.44. The molecule has 1 spiro atoms. The van der Waals surface area contributed by atoms with Gasteiger partial charge in [0.2, 0.25) is 14.3 Å². The van der Waals surface area contributed by atoms with Gasteiger partial charge >= 0.3 is 0 Å². The van der Waals surface area contributed by atoms with Gasteiger partial charge in [-0.3, -0.25) is 14.3 Å². The highest BCUT2D eigenvalue weighted by atomic mass is 35.5. The fourth-order valence-electron chi connectivity index (χ4n) is 8.43. The monoisotopic (exact) mass is 715 g/mol. The van der Waals surface area contributed by atoms with Crippen molar-refractivity contribution in [1.82, 2.24) is 15.0 Å². The molecule has 3 aliphatic heterocycles. The third kappa shape index (κ3) is 6.18. The SMILES string of the molecule is C[C@@H]1[C@@H]([Si](C)(C)F)[C@H](CCn2cc(C(CO)c3ccccc3)nn2)O[C@@]12C(=O)N(Cc1cccc(N3CCCCC3=O)c1)c1ccc(Cl)cc12. The Bertz CT molecular complexity index is 1890. The lowest BCUT2D eigenvalue weighted by atomic mass is 9.82. The number of aryl methyl sites for hydroxylation is 1. The lowest BCUT2D eigenvalue weighted by Crippen LogP contribution is -2.45. The van der Waals surface area contributed by atoms with Crippen molar-refractivity contribution in [3.05, 3.63) is 106 Å². The van der Waals surface area contributed by atoms with E-state index in [1.807, 2.05) is 78.7 Å². The van der Waals surface area contributed by atoms with Crippen LogP contribution in [0.15, 0.2) is 79.0 Å². The van der Waals surface area contributed by atoms with Gasteiger partial charge in [-0.2, -0.15) is 0 Å². The summed E-state index contributed by atoms with van der Waals surface area (Å²) >= 11 is 6.57. The second kappa shape index (κ2) is 13.7. The summed E-state index contributed by atoms with van der Waals surface area (Å²) in [5.74, 6) is -0.900. The number of amides is 2. The van der Waals surface area contributed by atoms with E-state index in [1.54, 1.807) is 34.8 Å². The van der Waals surface area contributed by atoms with Crippen LogP contribution in [0.5, 0.6) is 0 Å². The number of ether oxygens (including phenoxy) is 1. The number of piperidine rings is 1. The van der Waals surface area contributed by atoms with Crippen LogP contribution in [0.4, 0.5) is 15.5 Å². The first-order valence-electron chi connectivity index (χ1n) is 17.4. The number of benzene rings is 3. The topological polar surface area (TPSA) is 101 Å². The summed E-state index contributed by atoms with van der Waals surface area (Å²) in [4.78, 5) is 31.1. The molecule has 50 heavy (non-hydrogen) atoms. The number of carbonyl (C=O) groups excluding carboxylic acids is 2. The molecule has 4 heterocycles. The highest BCUT2D eigenvalue weighted by Gasteiger charge is 2.66. The molecule has 2 fully saturated rings. The van der Waals surface area contributed by atoms with Crippen molar-refractivity contribution >= 4 is 43.2 Å². The minimum atomic E-state index is -3.38. The normalized spacial score (nSPS) is 24.3. The summed E-state index contributed by atoms with van der Waals surface area (Å²) in [5.41, 5.74) is 2.75. The molecule has 0 radical (unpaired) electrons. The predicted molar refractivity (Wildman–Crippen MR) is 193 cm³/mol. The lowest BCUT2D eigenvalue weighted by molar-refractivity contribution is -0.146. The molecule has 0 saturated carbocycles. The number of carbonyl (C=O) groups is 2. The molecule has 9 nitrogen and oxygen atoms in total. The minimum absolute atomic E-state index is 0.111. The Morgan fingerprint density at radius 3 is 2.62 bits per heavy atom. The Balaban J connectivity index is 1.17. The van der Waals surface area contributed by atoms with Crippen molar-refractivity contribution in [2.45, 2.75) is 82.0 Å². The van der Waals surface area contributed by atoms with Crippen LogP contribution in [-0.2, 0) is 33.0 Å². The number of aliphatic hydroxyl groups excluding tert-OH is 1. The Morgan fingerprint density at radius 2 is 1.88 bits per heavy atom. The van der Waals surface area contributed by atoms with E-state index in [0.29, 0.717) is 47.9 Å². The van der Waals surface area contributed by atoms with Gasteiger partial charge in [0.1, 0.15) is 0 Å². The van der Waals surface area contributed by atoms with Gasteiger partial charge in [0.15, 0.2) is 5.60 Å². The number of rotatable bonds is 10. The average molecular weight is 716 g/mol. The van der Waals surface area contributed by atoms with E-state index in [2.05, 4.69) is 10.3 Å². The van der Waals surface area contributed by atoms with Crippen molar-refractivity contribution in [2.24, 2.45) is 5.92 Å². The molecular formula is C38H43ClFN5O4Si. The van der Waals surface area contributed by atoms with Crippen LogP contribution in [0.2, 0.25) is 23.7 Å². The number of aromatic nitrogens is 3. The smallest absolute Gasteiger partial charge is 0.264 e. The minimum Gasteiger partial charge on any atom is -0.395 e. The van der Waals surface area contributed by atoms with E-state index < -0.39 is 31.6 Å². The summed E-state index contributed by atoms with van der Waals surface area (Å²) in [6.45, 7) is 6.54. The molecule has 12 heteroatoms. The number of hydrogen-bond acceptors (Lipinski definition) is 6. The molecule has 7 rings (SSSR count). The number of nitrogens with zero attached hydrogens (tertiary/aromatic N) is 5. The molecule has 3 aromatic carbocycles.